The second kappa shape index (κ2) is 12.7. The molecule has 1 aromatic heterocycles. The van der Waals surface area contributed by atoms with Crippen LogP contribution in [0, 0.1) is 11.7 Å². The summed E-state index contributed by atoms with van der Waals surface area (Å²) in [4.78, 5) is 39.1. The van der Waals surface area contributed by atoms with Crippen LogP contribution < -0.4 is 5.32 Å². The Morgan fingerprint density at radius 2 is 1.90 bits per heavy atom. The van der Waals surface area contributed by atoms with Crippen LogP contribution in [0.15, 0.2) is 36.4 Å². The Morgan fingerprint density at radius 1 is 1.15 bits per heavy atom. The number of carboxylic acid groups (broad SMARTS) is 1. The predicted molar refractivity (Wildman–Crippen MR) is 153 cm³/mol. The van der Waals surface area contributed by atoms with Crippen LogP contribution in [0.4, 0.5) is 10.1 Å². The number of likely N-dealkylation sites (tertiary alicyclic amines) is 1. The topological polar surface area (TPSA) is 114 Å². The molecular formula is C30H34ClFN4O5. The molecule has 1 atom stereocenters. The number of nitrogens with zero attached hydrogens (tertiary/aromatic N) is 3. The number of para-hydroxylation sites is 1. The van der Waals surface area contributed by atoms with Gasteiger partial charge in [0.05, 0.1) is 41.4 Å². The van der Waals surface area contributed by atoms with Gasteiger partial charge in [0.1, 0.15) is 5.82 Å². The van der Waals surface area contributed by atoms with Crippen LogP contribution in [0.5, 0.6) is 0 Å². The molecule has 218 valence electrons. The molecule has 0 unspecified atom stereocenters. The largest absolute Gasteiger partial charge is 0.481 e. The van der Waals surface area contributed by atoms with Crippen molar-refractivity contribution in [2.75, 3.05) is 25.0 Å². The van der Waals surface area contributed by atoms with Gasteiger partial charge in [-0.2, -0.15) is 5.10 Å². The monoisotopic (exact) mass is 584 g/mol. The van der Waals surface area contributed by atoms with E-state index < -0.39 is 17.7 Å². The number of carboxylic acids is 1. The average Bonchev–Trinajstić information content (AvgIpc) is 3.54. The molecule has 1 aliphatic carbocycles. The van der Waals surface area contributed by atoms with Crippen molar-refractivity contribution in [3.05, 3.63) is 58.5 Å². The van der Waals surface area contributed by atoms with Crippen LogP contribution in [-0.2, 0) is 27.8 Å². The van der Waals surface area contributed by atoms with Crippen LogP contribution in [0.1, 0.15) is 54.6 Å². The Labute approximate surface area is 242 Å². The molecular weight excluding hydrogens is 551 g/mol. The minimum absolute atomic E-state index is 0.0513. The van der Waals surface area contributed by atoms with Gasteiger partial charge in [-0.05, 0) is 68.8 Å². The Morgan fingerprint density at radius 3 is 2.66 bits per heavy atom. The first-order valence-corrected chi connectivity index (χ1v) is 14.4. The zero-order valence-corrected chi connectivity index (χ0v) is 23.7. The van der Waals surface area contributed by atoms with E-state index in [1.165, 1.54) is 6.07 Å². The van der Waals surface area contributed by atoms with E-state index in [1.807, 2.05) is 18.2 Å². The molecule has 3 aromatic rings. The molecule has 1 saturated carbocycles. The molecule has 5 rings (SSSR count). The lowest BCUT2D eigenvalue weighted by Gasteiger charge is -2.29. The summed E-state index contributed by atoms with van der Waals surface area (Å²) in [5, 5.41) is 16.9. The zero-order chi connectivity index (χ0) is 29.1. The molecule has 0 spiro atoms. The third-order valence-corrected chi connectivity index (χ3v) is 8.48. The molecule has 11 heteroatoms. The van der Waals surface area contributed by atoms with Gasteiger partial charge in [0, 0.05) is 24.9 Å². The molecule has 1 saturated heterocycles. The number of carbonyl (C=O) groups is 3. The molecule has 2 aliphatic rings. The summed E-state index contributed by atoms with van der Waals surface area (Å²) >= 11 is 6.40. The molecule has 2 N–H and O–H groups in total. The number of rotatable bonds is 10. The molecule has 2 aromatic carbocycles. The number of hydrogen-bond acceptors (Lipinski definition) is 6. The SMILES string of the molecule is Cn1nc(C(=O)Nc2cc(F)c(CC(=O)CN3CCC[C@H]3CO[C@H]3CC[C@H](C(=O)O)CC3)cc2Cl)c2ccccc21. The van der Waals surface area contributed by atoms with Crippen LogP contribution in [0.3, 0.4) is 0 Å². The number of aryl methyl sites for hydroxylation is 1. The Kier molecular flexibility index (Phi) is 9.01. The van der Waals surface area contributed by atoms with Crippen molar-refractivity contribution in [1.82, 2.24) is 14.7 Å². The number of benzene rings is 2. The number of hydrogen-bond donors (Lipinski definition) is 2. The quantitative estimate of drug-likeness (QED) is 0.350. The number of aliphatic carboxylic acids is 1. The van der Waals surface area contributed by atoms with Gasteiger partial charge in [0.15, 0.2) is 11.5 Å². The zero-order valence-electron chi connectivity index (χ0n) is 22.9. The van der Waals surface area contributed by atoms with E-state index in [2.05, 4.69) is 15.3 Å². The number of anilines is 1. The number of amides is 1. The third-order valence-electron chi connectivity index (χ3n) is 8.17. The van der Waals surface area contributed by atoms with E-state index in [4.69, 9.17) is 16.3 Å². The Hall–Kier alpha value is -3.34. The fourth-order valence-corrected chi connectivity index (χ4v) is 6.13. The minimum atomic E-state index is -0.737. The lowest BCUT2D eigenvalue weighted by atomic mass is 9.87. The normalized spacial score (nSPS) is 21.3. The van der Waals surface area contributed by atoms with Crippen molar-refractivity contribution < 1.29 is 28.6 Å². The number of halogens is 2. The van der Waals surface area contributed by atoms with Gasteiger partial charge >= 0.3 is 5.97 Å². The van der Waals surface area contributed by atoms with E-state index in [0.717, 1.165) is 43.8 Å². The lowest BCUT2D eigenvalue weighted by Crippen LogP contribution is -2.39. The van der Waals surface area contributed by atoms with Crippen LogP contribution in [0.2, 0.25) is 5.02 Å². The van der Waals surface area contributed by atoms with Crippen molar-refractivity contribution in [3.8, 4) is 0 Å². The van der Waals surface area contributed by atoms with Crippen LogP contribution in [-0.4, -0.2) is 69.3 Å². The number of carbonyl (C=O) groups excluding carboxylic acids is 2. The van der Waals surface area contributed by atoms with Gasteiger partial charge in [-0.3, -0.25) is 24.0 Å². The van der Waals surface area contributed by atoms with E-state index in [9.17, 15) is 19.5 Å². The molecule has 2 heterocycles. The summed E-state index contributed by atoms with van der Waals surface area (Å²) in [5.74, 6) is -2.29. The van der Waals surface area contributed by atoms with Crippen LogP contribution >= 0.6 is 11.6 Å². The number of nitrogens with one attached hydrogen (secondary N) is 1. The molecule has 0 bridgehead atoms. The van der Waals surface area contributed by atoms with Crippen molar-refractivity contribution >= 4 is 45.9 Å². The summed E-state index contributed by atoms with van der Waals surface area (Å²) in [6, 6.07) is 9.93. The van der Waals surface area contributed by atoms with E-state index in [1.54, 1.807) is 17.8 Å². The fourth-order valence-electron chi connectivity index (χ4n) is 5.89. The summed E-state index contributed by atoms with van der Waals surface area (Å²) in [6.07, 6.45) is 4.52. The average molecular weight is 585 g/mol. The first-order chi connectivity index (χ1) is 19.7. The predicted octanol–water partition coefficient (Wildman–Crippen LogP) is 4.85. The fraction of sp³-hybridized carbons (Fsp3) is 0.467. The van der Waals surface area contributed by atoms with E-state index in [-0.39, 0.29) is 58.8 Å². The molecule has 2 fully saturated rings. The van der Waals surface area contributed by atoms with Gasteiger partial charge in [-0.15, -0.1) is 0 Å². The second-order valence-electron chi connectivity index (χ2n) is 11.0. The molecule has 1 amide bonds. The maximum absolute atomic E-state index is 15.0. The summed E-state index contributed by atoms with van der Waals surface area (Å²) in [6.45, 7) is 1.44. The molecule has 1 aliphatic heterocycles. The first-order valence-electron chi connectivity index (χ1n) is 14.0. The van der Waals surface area contributed by atoms with Crippen molar-refractivity contribution in [2.24, 2.45) is 13.0 Å². The highest BCUT2D eigenvalue weighted by Crippen LogP contribution is 2.29. The van der Waals surface area contributed by atoms with Gasteiger partial charge in [-0.1, -0.05) is 29.8 Å². The van der Waals surface area contributed by atoms with E-state index >= 15 is 4.39 Å². The minimum Gasteiger partial charge on any atom is -0.481 e. The maximum atomic E-state index is 15.0. The standard InChI is InChI=1S/C30H34ClFN4O5/c1-35-27-7-3-2-6-23(27)28(34-35)29(38)33-26-15-25(32)19(14-24(26)31)13-21(37)16-36-12-4-5-20(36)17-41-22-10-8-18(9-11-22)30(39)40/h2-3,6-7,14-15,18,20,22H,4-5,8-13,16-17H2,1H3,(H,33,38)(H,39,40)/t18-,20-,22-/m0/s1. The van der Waals surface area contributed by atoms with Gasteiger partial charge in [0.2, 0.25) is 0 Å². The van der Waals surface area contributed by atoms with Crippen LogP contribution in [0.25, 0.3) is 10.9 Å². The van der Waals surface area contributed by atoms with Gasteiger partial charge in [0.25, 0.3) is 5.91 Å². The number of ketones is 1. The second-order valence-corrected chi connectivity index (χ2v) is 11.4. The Balaban J connectivity index is 1.15. The number of aromatic nitrogens is 2. The van der Waals surface area contributed by atoms with Gasteiger partial charge < -0.3 is 15.2 Å². The van der Waals surface area contributed by atoms with Gasteiger partial charge in [-0.25, -0.2) is 4.39 Å². The summed E-state index contributed by atoms with van der Waals surface area (Å²) < 4.78 is 22.7. The third kappa shape index (κ3) is 6.77. The highest BCUT2D eigenvalue weighted by atomic mass is 35.5. The smallest absolute Gasteiger partial charge is 0.306 e. The Bertz CT molecular complexity index is 1450. The molecule has 41 heavy (non-hydrogen) atoms. The first kappa shape index (κ1) is 29.2. The lowest BCUT2D eigenvalue weighted by molar-refractivity contribution is -0.143. The number of fused-ring (bicyclic) bond motifs is 1. The van der Waals surface area contributed by atoms with Crippen molar-refractivity contribution in [3.63, 3.8) is 0 Å². The molecule has 9 nitrogen and oxygen atoms in total. The summed E-state index contributed by atoms with van der Waals surface area (Å²) in [5.41, 5.74) is 1.27. The number of ether oxygens (including phenoxy) is 1. The summed E-state index contributed by atoms with van der Waals surface area (Å²) in [7, 11) is 1.74. The van der Waals surface area contributed by atoms with E-state index in [0.29, 0.717) is 24.8 Å². The molecule has 0 radical (unpaired) electrons. The van der Waals surface area contributed by atoms with Crippen molar-refractivity contribution in [1.29, 1.82) is 0 Å². The number of Topliss-reactive ketones (excluding diaryl/α,β-unsaturated/α-hetero) is 1. The highest BCUT2D eigenvalue weighted by Gasteiger charge is 2.30. The highest BCUT2D eigenvalue weighted by molar-refractivity contribution is 6.34. The maximum Gasteiger partial charge on any atom is 0.306 e. The van der Waals surface area contributed by atoms with Crippen molar-refractivity contribution in [2.45, 2.75) is 57.1 Å².